The minimum atomic E-state index is 0.644. The van der Waals surface area contributed by atoms with E-state index in [0.717, 1.165) is 12.1 Å². The number of nitrogens with one attached hydrogen (secondary N) is 1. The highest BCUT2D eigenvalue weighted by Crippen LogP contribution is 2.38. The van der Waals surface area contributed by atoms with Gasteiger partial charge in [0.1, 0.15) is 0 Å². The molecule has 0 aromatic heterocycles. The third-order valence-electron chi connectivity index (χ3n) is 2.90. The van der Waals surface area contributed by atoms with E-state index >= 15 is 0 Å². The van der Waals surface area contributed by atoms with E-state index in [9.17, 15) is 0 Å². The fraction of sp³-hybridized carbons (Fsp3) is 0.538. The molecule has 4 heteroatoms. The first-order chi connectivity index (χ1) is 8.28. The zero-order valence-corrected chi connectivity index (χ0v) is 10.6. The zero-order chi connectivity index (χ0) is 12.3. The Hall–Kier alpha value is -1.42. The average Bonchev–Trinajstić information content (AvgIpc) is 3.18. The topological polar surface area (TPSA) is 39.7 Å². The maximum Gasteiger partial charge on any atom is 0.203 e. The molecule has 0 aliphatic heterocycles. The Morgan fingerprint density at radius 1 is 1.06 bits per heavy atom. The first-order valence-electron chi connectivity index (χ1n) is 5.80. The standard InChI is InChI=1S/C13H19NO3/c1-15-11-6-9(8-14-10-4-5-10)7-12(16-2)13(11)17-3/h6-7,10,14H,4-5,8H2,1-3H3. The van der Waals surface area contributed by atoms with Crippen LogP contribution in [0.15, 0.2) is 12.1 Å². The lowest BCUT2D eigenvalue weighted by atomic mass is 10.1. The van der Waals surface area contributed by atoms with E-state index in [1.807, 2.05) is 12.1 Å². The second kappa shape index (κ2) is 5.27. The number of methoxy groups -OCH3 is 3. The van der Waals surface area contributed by atoms with Crippen molar-refractivity contribution >= 4 is 0 Å². The van der Waals surface area contributed by atoms with Crippen LogP contribution >= 0.6 is 0 Å². The summed E-state index contributed by atoms with van der Waals surface area (Å²) in [6, 6.07) is 4.65. The first-order valence-corrected chi connectivity index (χ1v) is 5.80. The molecule has 1 aliphatic rings. The van der Waals surface area contributed by atoms with Crippen molar-refractivity contribution in [1.82, 2.24) is 5.32 Å². The van der Waals surface area contributed by atoms with Crippen molar-refractivity contribution < 1.29 is 14.2 Å². The number of ether oxygens (including phenoxy) is 3. The lowest BCUT2D eigenvalue weighted by molar-refractivity contribution is 0.323. The maximum absolute atomic E-state index is 5.31. The molecule has 1 N–H and O–H groups in total. The average molecular weight is 237 g/mol. The summed E-state index contributed by atoms with van der Waals surface area (Å²) in [4.78, 5) is 0. The molecule has 0 unspecified atom stereocenters. The Morgan fingerprint density at radius 3 is 2.06 bits per heavy atom. The predicted octanol–water partition coefficient (Wildman–Crippen LogP) is 1.96. The molecule has 0 radical (unpaired) electrons. The molecular formula is C13H19NO3. The van der Waals surface area contributed by atoms with E-state index < -0.39 is 0 Å². The normalized spacial score (nSPS) is 14.5. The molecule has 1 aliphatic carbocycles. The minimum Gasteiger partial charge on any atom is -0.493 e. The molecule has 1 saturated carbocycles. The van der Waals surface area contributed by atoms with Gasteiger partial charge in [0.2, 0.25) is 5.75 Å². The van der Waals surface area contributed by atoms with E-state index in [-0.39, 0.29) is 0 Å². The van der Waals surface area contributed by atoms with Crippen molar-refractivity contribution in [1.29, 1.82) is 0 Å². The van der Waals surface area contributed by atoms with Gasteiger partial charge in [-0.05, 0) is 30.5 Å². The summed E-state index contributed by atoms with van der Waals surface area (Å²) in [5.41, 5.74) is 1.14. The molecule has 0 spiro atoms. The molecule has 0 bridgehead atoms. The molecule has 17 heavy (non-hydrogen) atoms. The predicted molar refractivity (Wildman–Crippen MR) is 66.0 cm³/mol. The number of hydrogen-bond donors (Lipinski definition) is 1. The van der Waals surface area contributed by atoms with Crippen LogP contribution in [0.1, 0.15) is 18.4 Å². The first kappa shape index (κ1) is 12.0. The van der Waals surface area contributed by atoms with Crippen LogP contribution in [0.2, 0.25) is 0 Å². The van der Waals surface area contributed by atoms with Gasteiger partial charge in [-0.2, -0.15) is 0 Å². The van der Waals surface area contributed by atoms with Crippen LogP contribution in [0.4, 0.5) is 0 Å². The van der Waals surface area contributed by atoms with Crippen molar-refractivity contribution in [3.05, 3.63) is 17.7 Å². The molecule has 1 fully saturated rings. The molecule has 94 valence electrons. The van der Waals surface area contributed by atoms with Gasteiger partial charge in [-0.25, -0.2) is 0 Å². The monoisotopic (exact) mass is 237 g/mol. The van der Waals surface area contributed by atoms with Gasteiger partial charge < -0.3 is 19.5 Å². The number of hydrogen-bond acceptors (Lipinski definition) is 4. The molecule has 0 saturated heterocycles. The summed E-state index contributed by atoms with van der Waals surface area (Å²) in [6.45, 7) is 0.835. The second-order valence-electron chi connectivity index (χ2n) is 4.19. The quantitative estimate of drug-likeness (QED) is 0.821. The number of benzene rings is 1. The Morgan fingerprint density at radius 2 is 1.65 bits per heavy atom. The molecule has 0 heterocycles. The van der Waals surface area contributed by atoms with E-state index in [4.69, 9.17) is 14.2 Å². The van der Waals surface area contributed by atoms with Crippen LogP contribution in [0.5, 0.6) is 17.2 Å². The van der Waals surface area contributed by atoms with Crippen molar-refractivity contribution in [2.45, 2.75) is 25.4 Å². The molecule has 0 atom stereocenters. The largest absolute Gasteiger partial charge is 0.493 e. The third-order valence-corrected chi connectivity index (χ3v) is 2.90. The summed E-state index contributed by atoms with van der Waals surface area (Å²) >= 11 is 0. The van der Waals surface area contributed by atoms with Crippen LogP contribution in [0, 0.1) is 0 Å². The summed E-state index contributed by atoms with van der Waals surface area (Å²) in [5.74, 6) is 2.06. The Balaban J connectivity index is 2.19. The minimum absolute atomic E-state index is 0.644. The van der Waals surface area contributed by atoms with E-state index in [2.05, 4.69) is 5.32 Å². The van der Waals surface area contributed by atoms with Crippen LogP contribution in [0.25, 0.3) is 0 Å². The highest BCUT2D eigenvalue weighted by Gasteiger charge is 2.20. The highest BCUT2D eigenvalue weighted by molar-refractivity contribution is 5.53. The van der Waals surface area contributed by atoms with E-state index in [1.54, 1.807) is 21.3 Å². The van der Waals surface area contributed by atoms with Gasteiger partial charge in [-0.1, -0.05) is 0 Å². The Kier molecular flexibility index (Phi) is 3.74. The second-order valence-corrected chi connectivity index (χ2v) is 4.19. The van der Waals surface area contributed by atoms with Gasteiger partial charge in [-0.3, -0.25) is 0 Å². The summed E-state index contributed by atoms with van der Waals surface area (Å²) in [5, 5.41) is 3.46. The smallest absolute Gasteiger partial charge is 0.203 e. The zero-order valence-electron chi connectivity index (χ0n) is 10.6. The molecule has 1 aromatic carbocycles. The van der Waals surface area contributed by atoms with Crippen LogP contribution < -0.4 is 19.5 Å². The van der Waals surface area contributed by atoms with Gasteiger partial charge in [0.25, 0.3) is 0 Å². The van der Waals surface area contributed by atoms with Crippen molar-refractivity contribution in [3.8, 4) is 17.2 Å². The van der Waals surface area contributed by atoms with E-state index in [1.165, 1.54) is 12.8 Å². The molecular weight excluding hydrogens is 218 g/mol. The summed E-state index contributed by atoms with van der Waals surface area (Å²) < 4.78 is 15.9. The van der Waals surface area contributed by atoms with Gasteiger partial charge in [0.15, 0.2) is 11.5 Å². The van der Waals surface area contributed by atoms with Gasteiger partial charge in [-0.15, -0.1) is 0 Å². The number of rotatable bonds is 6. The summed E-state index contributed by atoms with van der Waals surface area (Å²) in [6.07, 6.45) is 2.56. The van der Waals surface area contributed by atoms with Gasteiger partial charge >= 0.3 is 0 Å². The molecule has 4 nitrogen and oxygen atoms in total. The van der Waals surface area contributed by atoms with Crippen molar-refractivity contribution in [3.63, 3.8) is 0 Å². The van der Waals surface area contributed by atoms with Crippen molar-refractivity contribution in [2.75, 3.05) is 21.3 Å². The summed E-state index contributed by atoms with van der Waals surface area (Å²) in [7, 11) is 4.88. The Bertz CT molecular complexity index is 363. The fourth-order valence-electron chi connectivity index (χ4n) is 1.79. The van der Waals surface area contributed by atoms with Crippen LogP contribution in [-0.4, -0.2) is 27.4 Å². The van der Waals surface area contributed by atoms with Crippen LogP contribution in [0.3, 0.4) is 0 Å². The van der Waals surface area contributed by atoms with Crippen LogP contribution in [-0.2, 0) is 6.54 Å². The Labute approximate surface area is 102 Å². The van der Waals surface area contributed by atoms with E-state index in [0.29, 0.717) is 23.3 Å². The maximum atomic E-state index is 5.31. The molecule has 2 rings (SSSR count). The molecule has 1 aromatic rings. The molecule has 0 amide bonds. The van der Waals surface area contributed by atoms with Gasteiger partial charge in [0.05, 0.1) is 21.3 Å². The highest BCUT2D eigenvalue weighted by atomic mass is 16.5. The fourth-order valence-corrected chi connectivity index (χ4v) is 1.79. The van der Waals surface area contributed by atoms with Crippen molar-refractivity contribution in [2.24, 2.45) is 0 Å². The lowest BCUT2D eigenvalue weighted by Crippen LogP contribution is -2.15. The third kappa shape index (κ3) is 2.82. The lowest BCUT2D eigenvalue weighted by Gasteiger charge is -2.14. The SMILES string of the molecule is COc1cc(CNC2CC2)cc(OC)c1OC. The van der Waals surface area contributed by atoms with Gasteiger partial charge in [0, 0.05) is 12.6 Å².